The van der Waals surface area contributed by atoms with Gasteiger partial charge in [0.1, 0.15) is 0 Å². The second-order valence-corrected chi connectivity index (χ2v) is 8.20. The third-order valence-corrected chi connectivity index (χ3v) is 5.82. The molecule has 0 spiro atoms. The minimum atomic E-state index is -0.110. The first-order chi connectivity index (χ1) is 13.6. The van der Waals surface area contributed by atoms with Crippen LogP contribution in [0.2, 0.25) is 0 Å². The average molecular weight is 377 g/mol. The van der Waals surface area contributed by atoms with E-state index in [1.165, 1.54) is 11.1 Å². The maximum atomic E-state index is 13.2. The number of nitrogens with one attached hydrogen (secondary N) is 1. The van der Waals surface area contributed by atoms with Crippen LogP contribution in [0.25, 0.3) is 0 Å². The number of nitrogens with zero attached hydrogens (tertiary/aromatic N) is 1. The summed E-state index contributed by atoms with van der Waals surface area (Å²) < 4.78 is 0. The van der Waals surface area contributed by atoms with Gasteiger partial charge in [-0.1, -0.05) is 60.2 Å². The van der Waals surface area contributed by atoms with Crippen molar-refractivity contribution in [3.05, 3.63) is 71.3 Å². The Balaban J connectivity index is 1.54. The molecule has 146 valence electrons. The molecular formula is C24H28N2O2. The normalized spacial score (nSPS) is 22.0. The molecule has 1 aliphatic carbocycles. The molecule has 2 fully saturated rings. The number of benzene rings is 2. The fourth-order valence-corrected chi connectivity index (χ4v) is 4.10. The van der Waals surface area contributed by atoms with E-state index >= 15 is 0 Å². The van der Waals surface area contributed by atoms with Gasteiger partial charge in [-0.2, -0.15) is 0 Å². The highest BCUT2D eigenvalue weighted by atomic mass is 16.2. The monoisotopic (exact) mass is 376 g/mol. The van der Waals surface area contributed by atoms with Crippen molar-refractivity contribution in [2.75, 3.05) is 6.54 Å². The third kappa shape index (κ3) is 4.44. The van der Waals surface area contributed by atoms with E-state index < -0.39 is 0 Å². The molecule has 1 N–H and O–H groups in total. The molecule has 1 saturated carbocycles. The minimum Gasteiger partial charge on any atom is -0.353 e. The fraction of sp³-hybridized carbons (Fsp3) is 0.417. The van der Waals surface area contributed by atoms with Crippen molar-refractivity contribution >= 4 is 11.8 Å². The van der Waals surface area contributed by atoms with Gasteiger partial charge in [-0.3, -0.25) is 9.59 Å². The Morgan fingerprint density at radius 2 is 1.79 bits per heavy atom. The number of hydrogen-bond acceptors (Lipinski definition) is 2. The number of carbonyl (C=O) groups excluding carboxylic acids is 2. The lowest BCUT2D eigenvalue weighted by Gasteiger charge is -2.40. The van der Waals surface area contributed by atoms with Crippen molar-refractivity contribution in [3.63, 3.8) is 0 Å². The van der Waals surface area contributed by atoms with E-state index in [1.807, 2.05) is 35.2 Å². The summed E-state index contributed by atoms with van der Waals surface area (Å²) in [6.07, 6.45) is 4.20. The molecule has 2 atom stereocenters. The van der Waals surface area contributed by atoms with Gasteiger partial charge in [0.15, 0.2) is 0 Å². The van der Waals surface area contributed by atoms with Crippen molar-refractivity contribution in [2.45, 2.75) is 51.1 Å². The van der Waals surface area contributed by atoms with Crippen molar-refractivity contribution in [2.24, 2.45) is 5.92 Å². The molecule has 0 unspecified atom stereocenters. The van der Waals surface area contributed by atoms with Crippen LogP contribution in [0.3, 0.4) is 0 Å². The molecule has 4 heteroatoms. The number of aryl methyl sites for hydroxylation is 1. The summed E-state index contributed by atoms with van der Waals surface area (Å²) in [6.45, 7) is 2.58. The molecule has 28 heavy (non-hydrogen) atoms. The van der Waals surface area contributed by atoms with Crippen LogP contribution in [-0.2, 0) is 16.0 Å². The SMILES string of the molecule is Cc1cccc([C@H]2CC[C@H](C(=O)NC3CC3)CN2C(=O)Cc2ccccc2)c1. The van der Waals surface area contributed by atoms with E-state index in [0.717, 1.165) is 31.2 Å². The van der Waals surface area contributed by atoms with Crippen LogP contribution in [0.15, 0.2) is 54.6 Å². The van der Waals surface area contributed by atoms with Gasteiger partial charge < -0.3 is 10.2 Å². The highest BCUT2D eigenvalue weighted by molar-refractivity contribution is 5.83. The van der Waals surface area contributed by atoms with E-state index in [9.17, 15) is 9.59 Å². The van der Waals surface area contributed by atoms with Crippen LogP contribution in [0.4, 0.5) is 0 Å². The number of rotatable bonds is 5. The molecule has 2 aliphatic rings. The standard InChI is InChI=1S/C24H28N2O2/c1-17-6-5-9-19(14-17)22-13-10-20(24(28)25-21-11-12-21)16-26(22)23(27)15-18-7-3-2-4-8-18/h2-9,14,20-22H,10-13,15-16H2,1H3,(H,25,28)/t20-,22+/m0/s1. The molecule has 1 saturated heterocycles. The first-order valence-electron chi connectivity index (χ1n) is 10.3. The van der Waals surface area contributed by atoms with Gasteiger partial charge in [0.2, 0.25) is 11.8 Å². The van der Waals surface area contributed by atoms with Crippen LogP contribution < -0.4 is 5.32 Å². The molecule has 2 aromatic carbocycles. The zero-order valence-corrected chi connectivity index (χ0v) is 16.4. The van der Waals surface area contributed by atoms with Gasteiger partial charge in [-0.25, -0.2) is 0 Å². The van der Waals surface area contributed by atoms with Gasteiger partial charge in [-0.15, -0.1) is 0 Å². The average Bonchev–Trinajstić information content (AvgIpc) is 3.52. The molecule has 2 aromatic rings. The second-order valence-electron chi connectivity index (χ2n) is 8.20. The first-order valence-corrected chi connectivity index (χ1v) is 10.3. The number of hydrogen-bond donors (Lipinski definition) is 1. The molecular weight excluding hydrogens is 348 g/mol. The van der Waals surface area contributed by atoms with Crippen LogP contribution in [0.1, 0.15) is 48.4 Å². The summed E-state index contributed by atoms with van der Waals surface area (Å²) in [6, 6.07) is 18.7. The predicted octanol–water partition coefficient (Wildman–Crippen LogP) is 3.80. The van der Waals surface area contributed by atoms with E-state index in [2.05, 4.69) is 36.5 Å². The quantitative estimate of drug-likeness (QED) is 0.863. The fourth-order valence-electron chi connectivity index (χ4n) is 4.10. The van der Waals surface area contributed by atoms with Gasteiger partial charge in [-0.05, 0) is 43.7 Å². The highest BCUT2D eigenvalue weighted by Gasteiger charge is 2.37. The number of amides is 2. The zero-order chi connectivity index (χ0) is 19.5. The van der Waals surface area contributed by atoms with Crippen molar-refractivity contribution < 1.29 is 9.59 Å². The summed E-state index contributed by atoms with van der Waals surface area (Å²) in [5, 5.41) is 3.12. The molecule has 2 amide bonds. The van der Waals surface area contributed by atoms with E-state index in [-0.39, 0.29) is 23.8 Å². The zero-order valence-electron chi connectivity index (χ0n) is 16.4. The molecule has 1 aliphatic heterocycles. The van der Waals surface area contributed by atoms with Gasteiger partial charge >= 0.3 is 0 Å². The van der Waals surface area contributed by atoms with Gasteiger partial charge in [0.05, 0.1) is 18.4 Å². The van der Waals surface area contributed by atoms with Crippen molar-refractivity contribution in [1.29, 1.82) is 0 Å². The summed E-state index contributed by atoms with van der Waals surface area (Å²) in [7, 11) is 0. The summed E-state index contributed by atoms with van der Waals surface area (Å²) in [4.78, 5) is 27.8. The predicted molar refractivity (Wildman–Crippen MR) is 110 cm³/mol. The minimum absolute atomic E-state index is 0.0427. The Morgan fingerprint density at radius 1 is 1.00 bits per heavy atom. The Kier molecular flexibility index (Phi) is 5.47. The highest BCUT2D eigenvalue weighted by Crippen LogP contribution is 2.35. The second kappa shape index (κ2) is 8.17. The smallest absolute Gasteiger partial charge is 0.227 e. The maximum Gasteiger partial charge on any atom is 0.227 e. The van der Waals surface area contributed by atoms with Crippen molar-refractivity contribution in [3.8, 4) is 0 Å². The van der Waals surface area contributed by atoms with Crippen LogP contribution in [0, 0.1) is 12.8 Å². The third-order valence-electron chi connectivity index (χ3n) is 5.82. The molecule has 0 bridgehead atoms. The first kappa shape index (κ1) is 18.7. The lowest BCUT2D eigenvalue weighted by Crippen LogP contribution is -2.47. The van der Waals surface area contributed by atoms with E-state index in [1.54, 1.807) is 0 Å². The lowest BCUT2D eigenvalue weighted by atomic mass is 9.87. The largest absolute Gasteiger partial charge is 0.353 e. The van der Waals surface area contributed by atoms with Crippen molar-refractivity contribution in [1.82, 2.24) is 10.2 Å². The van der Waals surface area contributed by atoms with Gasteiger partial charge in [0, 0.05) is 12.6 Å². The Hall–Kier alpha value is -2.62. The van der Waals surface area contributed by atoms with Crippen LogP contribution >= 0.6 is 0 Å². The number of likely N-dealkylation sites (tertiary alicyclic amines) is 1. The Morgan fingerprint density at radius 3 is 2.50 bits per heavy atom. The number of carbonyl (C=O) groups is 2. The molecule has 1 heterocycles. The lowest BCUT2D eigenvalue weighted by molar-refractivity contribution is -0.138. The van der Waals surface area contributed by atoms with E-state index in [0.29, 0.717) is 19.0 Å². The van der Waals surface area contributed by atoms with Crippen LogP contribution in [0.5, 0.6) is 0 Å². The maximum absolute atomic E-state index is 13.2. The molecule has 0 radical (unpaired) electrons. The molecule has 0 aromatic heterocycles. The van der Waals surface area contributed by atoms with Crippen LogP contribution in [-0.4, -0.2) is 29.3 Å². The Labute approximate surface area is 166 Å². The number of piperidine rings is 1. The van der Waals surface area contributed by atoms with Gasteiger partial charge in [0.25, 0.3) is 0 Å². The molecule has 4 nitrogen and oxygen atoms in total. The topological polar surface area (TPSA) is 49.4 Å². The molecule has 4 rings (SSSR count). The Bertz CT molecular complexity index is 845. The van der Waals surface area contributed by atoms with E-state index in [4.69, 9.17) is 0 Å². The summed E-state index contributed by atoms with van der Waals surface area (Å²) >= 11 is 0. The summed E-state index contributed by atoms with van der Waals surface area (Å²) in [5.41, 5.74) is 3.38. The summed E-state index contributed by atoms with van der Waals surface area (Å²) in [5.74, 6) is 0.103.